The van der Waals surface area contributed by atoms with Gasteiger partial charge in [0.25, 0.3) is 0 Å². The number of halogens is 1. The Labute approximate surface area is 82.8 Å². The van der Waals surface area contributed by atoms with Crippen LogP contribution >= 0.6 is 15.9 Å². The van der Waals surface area contributed by atoms with E-state index in [1.165, 1.54) is 0 Å². The molecule has 0 heterocycles. The second kappa shape index (κ2) is 7.59. The van der Waals surface area contributed by atoms with Gasteiger partial charge in [0.15, 0.2) is 0 Å². The summed E-state index contributed by atoms with van der Waals surface area (Å²) in [7, 11) is 0. The zero-order valence-electron chi connectivity index (χ0n) is 7.81. The number of hydrogen-bond acceptors (Lipinski definition) is 2. The molecule has 0 aromatic carbocycles. The molecule has 0 aliphatic carbocycles. The number of hydrogen-bond donors (Lipinski definition) is 0. The molecule has 2 nitrogen and oxygen atoms in total. The van der Waals surface area contributed by atoms with Gasteiger partial charge in [-0.15, -0.1) is 0 Å². The topological polar surface area (TPSA) is 26.3 Å². The molecule has 0 aromatic heterocycles. The molecule has 0 spiro atoms. The van der Waals surface area contributed by atoms with Gasteiger partial charge in [-0.25, -0.2) is 0 Å². The van der Waals surface area contributed by atoms with Crippen LogP contribution in [0.1, 0.15) is 33.1 Å². The quantitative estimate of drug-likeness (QED) is 0.403. The molecule has 3 heteroatoms. The van der Waals surface area contributed by atoms with Gasteiger partial charge in [-0.2, -0.15) is 0 Å². The van der Waals surface area contributed by atoms with Crippen LogP contribution in [-0.4, -0.2) is 17.9 Å². The Balaban J connectivity index is 3.43. The summed E-state index contributed by atoms with van der Waals surface area (Å²) in [5.74, 6) is -0.0378. The molecule has 0 bridgehead atoms. The van der Waals surface area contributed by atoms with Gasteiger partial charge in [0.2, 0.25) is 0 Å². The highest BCUT2D eigenvalue weighted by Crippen LogP contribution is 2.06. The van der Waals surface area contributed by atoms with Crippen molar-refractivity contribution in [1.82, 2.24) is 0 Å². The molecule has 0 N–H and O–H groups in total. The van der Waals surface area contributed by atoms with E-state index in [1.54, 1.807) is 0 Å². The first-order chi connectivity index (χ1) is 5.72. The van der Waals surface area contributed by atoms with E-state index in [2.05, 4.69) is 22.9 Å². The third-order valence-corrected chi connectivity index (χ3v) is 2.14. The van der Waals surface area contributed by atoms with Crippen molar-refractivity contribution in [1.29, 1.82) is 0 Å². The summed E-state index contributed by atoms with van der Waals surface area (Å²) < 4.78 is 5.04. The highest BCUT2D eigenvalue weighted by molar-refractivity contribution is 9.09. The molecule has 0 aliphatic heterocycles. The monoisotopic (exact) mass is 236 g/mol. The Kier molecular flexibility index (Phi) is 7.56. The van der Waals surface area contributed by atoms with Gasteiger partial charge in [-0.1, -0.05) is 36.2 Å². The lowest BCUT2D eigenvalue weighted by molar-refractivity contribution is -0.148. The smallest absolute Gasteiger partial charge is 0.308 e. The van der Waals surface area contributed by atoms with Crippen molar-refractivity contribution >= 4 is 21.9 Å². The average Bonchev–Trinajstić information content (AvgIpc) is 2.05. The Hall–Kier alpha value is -0.0500. The van der Waals surface area contributed by atoms with Gasteiger partial charge in [0.1, 0.15) is 0 Å². The summed E-state index contributed by atoms with van der Waals surface area (Å²) >= 11 is 3.29. The maximum absolute atomic E-state index is 11.2. The predicted octanol–water partition coefficient (Wildman–Crippen LogP) is 2.75. The maximum atomic E-state index is 11.2. The highest BCUT2D eigenvalue weighted by atomic mass is 79.9. The predicted molar refractivity (Wildman–Crippen MR) is 53.4 cm³/mol. The van der Waals surface area contributed by atoms with Crippen molar-refractivity contribution in [2.24, 2.45) is 5.92 Å². The van der Waals surface area contributed by atoms with E-state index in [4.69, 9.17) is 4.74 Å². The van der Waals surface area contributed by atoms with Gasteiger partial charge in [0, 0.05) is 5.33 Å². The zero-order chi connectivity index (χ0) is 9.40. The Morgan fingerprint density at radius 2 is 2.25 bits per heavy atom. The van der Waals surface area contributed by atoms with Crippen LogP contribution in [0.4, 0.5) is 0 Å². The van der Waals surface area contributed by atoms with Crippen molar-refractivity contribution in [2.45, 2.75) is 33.1 Å². The largest absolute Gasteiger partial charge is 0.465 e. The number of carbonyl (C=O) groups excluding carboxylic acids is 1. The van der Waals surface area contributed by atoms with Gasteiger partial charge in [-0.3, -0.25) is 4.79 Å². The molecule has 0 radical (unpaired) electrons. The Morgan fingerprint density at radius 1 is 1.58 bits per heavy atom. The molecular formula is C9H17BrO2. The second-order valence-electron chi connectivity index (χ2n) is 2.90. The Morgan fingerprint density at radius 3 is 2.75 bits per heavy atom. The van der Waals surface area contributed by atoms with E-state index in [0.717, 1.165) is 24.6 Å². The van der Waals surface area contributed by atoms with Crippen LogP contribution in [0.3, 0.4) is 0 Å². The normalized spacial score (nSPS) is 12.6. The lowest BCUT2D eigenvalue weighted by Gasteiger charge is -2.08. The fraction of sp³-hybridized carbons (Fsp3) is 0.889. The summed E-state index contributed by atoms with van der Waals surface area (Å²) in [6.45, 7) is 4.55. The number of esters is 1. The second-order valence-corrected chi connectivity index (χ2v) is 3.69. The molecule has 0 saturated carbocycles. The van der Waals surface area contributed by atoms with Crippen LogP contribution in [0.2, 0.25) is 0 Å². The summed E-state index contributed by atoms with van der Waals surface area (Å²) in [5, 5.41) is 0.858. The Bertz CT molecular complexity index is 126. The van der Waals surface area contributed by atoms with E-state index >= 15 is 0 Å². The third-order valence-electron chi connectivity index (χ3n) is 1.69. The number of rotatable bonds is 6. The van der Waals surface area contributed by atoms with Crippen LogP contribution in [0.15, 0.2) is 0 Å². The maximum Gasteiger partial charge on any atom is 0.308 e. The molecule has 0 amide bonds. The van der Waals surface area contributed by atoms with Gasteiger partial charge in [0.05, 0.1) is 12.5 Å². The fourth-order valence-corrected chi connectivity index (χ4v) is 1.43. The molecule has 0 rings (SSSR count). The van der Waals surface area contributed by atoms with E-state index in [1.807, 2.05) is 6.92 Å². The minimum absolute atomic E-state index is 0.0289. The summed E-state index contributed by atoms with van der Waals surface area (Å²) in [4.78, 5) is 11.2. The van der Waals surface area contributed by atoms with E-state index in [9.17, 15) is 4.79 Å². The minimum atomic E-state index is -0.0668. The molecule has 0 saturated heterocycles. The van der Waals surface area contributed by atoms with E-state index in [-0.39, 0.29) is 11.9 Å². The van der Waals surface area contributed by atoms with Crippen LogP contribution < -0.4 is 0 Å². The van der Waals surface area contributed by atoms with Crippen LogP contribution in [0.25, 0.3) is 0 Å². The van der Waals surface area contributed by atoms with Crippen molar-refractivity contribution in [3.8, 4) is 0 Å². The fourth-order valence-electron chi connectivity index (χ4n) is 0.741. The van der Waals surface area contributed by atoms with E-state index < -0.39 is 0 Å². The van der Waals surface area contributed by atoms with Gasteiger partial charge >= 0.3 is 5.97 Å². The molecule has 1 unspecified atom stereocenters. The SMILES string of the molecule is CCCCOC(=O)C(C)CCBr. The van der Waals surface area contributed by atoms with Crippen molar-refractivity contribution < 1.29 is 9.53 Å². The van der Waals surface area contributed by atoms with Crippen molar-refractivity contribution in [3.63, 3.8) is 0 Å². The summed E-state index contributed by atoms with van der Waals surface area (Å²) in [6, 6.07) is 0. The molecule has 1 atom stereocenters. The molecule has 12 heavy (non-hydrogen) atoms. The molecule has 0 fully saturated rings. The van der Waals surface area contributed by atoms with Crippen molar-refractivity contribution in [2.75, 3.05) is 11.9 Å². The van der Waals surface area contributed by atoms with Crippen molar-refractivity contribution in [3.05, 3.63) is 0 Å². The molecule has 72 valence electrons. The highest BCUT2D eigenvalue weighted by Gasteiger charge is 2.12. The number of ether oxygens (including phenoxy) is 1. The van der Waals surface area contributed by atoms with E-state index in [0.29, 0.717) is 6.61 Å². The minimum Gasteiger partial charge on any atom is -0.465 e. The van der Waals surface area contributed by atoms with Gasteiger partial charge < -0.3 is 4.74 Å². The van der Waals surface area contributed by atoms with Crippen LogP contribution in [-0.2, 0) is 9.53 Å². The number of unbranched alkanes of at least 4 members (excludes halogenated alkanes) is 1. The zero-order valence-corrected chi connectivity index (χ0v) is 9.39. The third kappa shape index (κ3) is 5.58. The lowest BCUT2D eigenvalue weighted by atomic mass is 10.1. The standard InChI is InChI=1S/C9H17BrO2/c1-3-4-7-12-9(11)8(2)5-6-10/h8H,3-7H2,1-2H3. The summed E-state index contributed by atoms with van der Waals surface area (Å²) in [5.41, 5.74) is 0. The number of alkyl halides is 1. The molecular weight excluding hydrogens is 220 g/mol. The first-order valence-electron chi connectivity index (χ1n) is 4.45. The average molecular weight is 237 g/mol. The van der Waals surface area contributed by atoms with Gasteiger partial charge in [-0.05, 0) is 12.8 Å². The molecule has 0 aliphatic rings. The first-order valence-corrected chi connectivity index (χ1v) is 5.57. The number of carbonyl (C=O) groups is 1. The molecule has 0 aromatic rings. The first kappa shape index (κ1) is 11.9. The lowest BCUT2D eigenvalue weighted by Crippen LogP contribution is -2.15. The summed E-state index contributed by atoms with van der Waals surface area (Å²) in [6.07, 6.45) is 2.89. The van der Waals surface area contributed by atoms with Crippen LogP contribution in [0, 0.1) is 5.92 Å². The van der Waals surface area contributed by atoms with Crippen LogP contribution in [0.5, 0.6) is 0 Å².